The molecule has 0 spiro atoms. The molecule has 2 nitrogen and oxygen atoms in total. The number of aryl methyl sites for hydroxylation is 1. The molecule has 4 heteroatoms. The van der Waals surface area contributed by atoms with Gasteiger partial charge in [-0.25, -0.2) is 9.37 Å². The fourth-order valence-electron chi connectivity index (χ4n) is 1.96. The predicted molar refractivity (Wildman–Crippen MR) is 67.8 cm³/mol. The molecular weight excluding hydrogens is 235 g/mol. The quantitative estimate of drug-likeness (QED) is 0.675. The summed E-state index contributed by atoms with van der Waals surface area (Å²) in [7, 11) is 0. The van der Waals surface area contributed by atoms with Crippen LogP contribution >= 0.6 is 11.3 Å². The van der Waals surface area contributed by atoms with Crippen molar-refractivity contribution in [1.82, 2.24) is 9.55 Å². The third-order valence-corrected chi connectivity index (χ3v) is 3.55. The molecule has 0 radical (unpaired) electrons. The fraction of sp³-hybridized carbons (Fsp3) is 0.154. The van der Waals surface area contributed by atoms with Crippen LogP contribution in [0.1, 0.15) is 10.7 Å². The van der Waals surface area contributed by atoms with Crippen molar-refractivity contribution < 1.29 is 4.39 Å². The minimum atomic E-state index is -0.195. The number of nitrogens with zero attached hydrogens (tertiary/aromatic N) is 2. The molecule has 0 aliphatic heterocycles. The zero-order valence-corrected chi connectivity index (χ0v) is 10.2. The third kappa shape index (κ3) is 1.96. The average molecular weight is 246 g/mol. The summed E-state index contributed by atoms with van der Waals surface area (Å²) in [5.41, 5.74) is 2.09. The molecule has 2 aromatic heterocycles. The van der Waals surface area contributed by atoms with Crippen molar-refractivity contribution in [3.05, 3.63) is 52.4 Å². The molecule has 2 heterocycles. The van der Waals surface area contributed by atoms with E-state index in [4.69, 9.17) is 0 Å². The summed E-state index contributed by atoms with van der Waals surface area (Å²) < 4.78 is 15.1. The van der Waals surface area contributed by atoms with Gasteiger partial charge in [-0.15, -0.1) is 11.3 Å². The van der Waals surface area contributed by atoms with E-state index in [-0.39, 0.29) is 5.82 Å². The van der Waals surface area contributed by atoms with Crippen LogP contribution in [-0.4, -0.2) is 9.55 Å². The first-order valence-corrected chi connectivity index (χ1v) is 6.26. The van der Waals surface area contributed by atoms with Gasteiger partial charge < -0.3 is 4.57 Å². The Balaban J connectivity index is 2.00. The van der Waals surface area contributed by atoms with Crippen molar-refractivity contribution in [3.63, 3.8) is 0 Å². The maximum Gasteiger partial charge on any atom is 0.123 e. The predicted octanol–water partition coefficient (Wildman–Crippen LogP) is 3.59. The highest BCUT2D eigenvalue weighted by Crippen LogP contribution is 2.19. The summed E-state index contributed by atoms with van der Waals surface area (Å²) in [6.45, 7) is 2.73. The summed E-state index contributed by atoms with van der Waals surface area (Å²) in [5.74, 6) is -0.195. The Kier molecular flexibility index (Phi) is 2.44. The smallest absolute Gasteiger partial charge is 0.123 e. The summed E-state index contributed by atoms with van der Waals surface area (Å²) in [6, 6.07) is 6.78. The van der Waals surface area contributed by atoms with E-state index >= 15 is 0 Å². The summed E-state index contributed by atoms with van der Waals surface area (Å²) in [5, 5.41) is 4.06. The Morgan fingerprint density at radius 3 is 3.00 bits per heavy atom. The van der Waals surface area contributed by atoms with Crippen molar-refractivity contribution in [2.75, 3.05) is 0 Å². The van der Waals surface area contributed by atoms with E-state index in [9.17, 15) is 4.39 Å². The number of halogens is 1. The van der Waals surface area contributed by atoms with E-state index in [1.54, 1.807) is 17.4 Å². The molecule has 0 saturated heterocycles. The Bertz CT molecular complexity index is 669. The summed E-state index contributed by atoms with van der Waals surface area (Å²) >= 11 is 1.65. The van der Waals surface area contributed by atoms with Gasteiger partial charge in [0.1, 0.15) is 5.82 Å². The standard InChI is InChI=1S/C13H11FN2S/c1-9-15-12(8-17-9)7-16-5-4-10-6-11(14)2-3-13(10)16/h2-6,8H,7H2,1H3. The first kappa shape index (κ1) is 10.5. The molecule has 0 amide bonds. The SMILES string of the molecule is Cc1nc(Cn2ccc3cc(F)ccc32)cs1. The Labute approximate surface area is 102 Å². The fourth-order valence-corrected chi connectivity index (χ4v) is 2.57. The Morgan fingerprint density at radius 1 is 1.35 bits per heavy atom. The largest absolute Gasteiger partial charge is 0.341 e. The number of rotatable bonds is 2. The van der Waals surface area contributed by atoms with E-state index in [0.29, 0.717) is 0 Å². The molecule has 0 bridgehead atoms. The average Bonchev–Trinajstić information content (AvgIpc) is 2.86. The third-order valence-electron chi connectivity index (χ3n) is 2.73. The number of hydrogen-bond acceptors (Lipinski definition) is 2. The zero-order chi connectivity index (χ0) is 11.8. The van der Waals surface area contributed by atoms with E-state index in [2.05, 4.69) is 14.9 Å². The van der Waals surface area contributed by atoms with Gasteiger partial charge >= 0.3 is 0 Å². The zero-order valence-electron chi connectivity index (χ0n) is 9.35. The van der Waals surface area contributed by atoms with Gasteiger partial charge in [-0.05, 0) is 31.2 Å². The molecule has 0 fully saturated rings. The van der Waals surface area contributed by atoms with Crippen LogP contribution in [0.15, 0.2) is 35.8 Å². The molecular formula is C13H11FN2S. The van der Waals surface area contributed by atoms with Gasteiger partial charge in [-0.2, -0.15) is 0 Å². The molecule has 17 heavy (non-hydrogen) atoms. The number of fused-ring (bicyclic) bond motifs is 1. The van der Waals surface area contributed by atoms with Crippen LogP contribution in [0.2, 0.25) is 0 Å². The lowest BCUT2D eigenvalue weighted by Crippen LogP contribution is -1.98. The van der Waals surface area contributed by atoms with Gasteiger partial charge in [0, 0.05) is 22.5 Å². The van der Waals surface area contributed by atoms with Crippen molar-refractivity contribution in [2.24, 2.45) is 0 Å². The lowest BCUT2D eigenvalue weighted by atomic mass is 10.2. The molecule has 0 aliphatic carbocycles. The maximum atomic E-state index is 13.1. The van der Waals surface area contributed by atoms with E-state index in [0.717, 1.165) is 28.1 Å². The van der Waals surface area contributed by atoms with Gasteiger partial charge in [-0.1, -0.05) is 0 Å². The van der Waals surface area contributed by atoms with E-state index in [1.807, 2.05) is 25.3 Å². The second-order valence-electron chi connectivity index (χ2n) is 4.00. The van der Waals surface area contributed by atoms with Crippen LogP contribution in [0.25, 0.3) is 10.9 Å². The second kappa shape index (κ2) is 3.96. The highest BCUT2D eigenvalue weighted by Gasteiger charge is 2.04. The number of hydrogen-bond donors (Lipinski definition) is 0. The first-order chi connectivity index (χ1) is 8.22. The van der Waals surface area contributed by atoms with Crippen LogP contribution in [0.5, 0.6) is 0 Å². The summed E-state index contributed by atoms with van der Waals surface area (Å²) in [4.78, 5) is 4.43. The lowest BCUT2D eigenvalue weighted by molar-refractivity contribution is 0.629. The second-order valence-corrected chi connectivity index (χ2v) is 5.07. The van der Waals surface area contributed by atoms with Crippen LogP contribution in [0.3, 0.4) is 0 Å². The van der Waals surface area contributed by atoms with Crippen LogP contribution in [0.4, 0.5) is 4.39 Å². The van der Waals surface area contributed by atoms with Gasteiger partial charge in [0.2, 0.25) is 0 Å². The molecule has 86 valence electrons. The van der Waals surface area contributed by atoms with Crippen LogP contribution in [-0.2, 0) is 6.54 Å². The highest BCUT2D eigenvalue weighted by molar-refractivity contribution is 7.09. The highest BCUT2D eigenvalue weighted by atomic mass is 32.1. The van der Waals surface area contributed by atoms with Crippen molar-refractivity contribution in [2.45, 2.75) is 13.5 Å². The van der Waals surface area contributed by atoms with Crippen LogP contribution < -0.4 is 0 Å². The monoisotopic (exact) mass is 246 g/mol. The van der Waals surface area contributed by atoms with Gasteiger partial charge in [-0.3, -0.25) is 0 Å². The van der Waals surface area contributed by atoms with E-state index in [1.165, 1.54) is 6.07 Å². The van der Waals surface area contributed by atoms with Crippen molar-refractivity contribution >= 4 is 22.2 Å². The molecule has 0 atom stereocenters. The molecule has 1 aromatic carbocycles. The topological polar surface area (TPSA) is 17.8 Å². The number of thiazole rings is 1. The molecule has 3 rings (SSSR count). The minimum absolute atomic E-state index is 0.195. The first-order valence-electron chi connectivity index (χ1n) is 5.38. The summed E-state index contributed by atoms with van der Waals surface area (Å²) in [6.07, 6.45) is 1.97. The van der Waals surface area contributed by atoms with Gasteiger partial charge in [0.15, 0.2) is 0 Å². The Hall–Kier alpha value is -1.68. The van der Waals surface area contributed by atoms with Crippen molar-refractivity contribution in [1.29, 1.82) is 0 Å². The lowest BCUT2D eigenvalue weighted by Gasteiger charge is -2.02. The van der Waals surface area contributed by atoms with Gasteiger partial charge in [0.05, 0.1) is 17.2 Å². The maximum absolute atomic E-state index is 13.1. The molecule has 0 N–H and O–H groups in total. The van der Waals surface area contributed by atoms with E-state index < -0.39 is 0 Å². The Morgan fingerprint density at radius 2 is 2.24 bits per heavy atom. The van der Waals surface area contributed by atoms with Gasteiger partial charge in [0.25, 0.3) is 0 Å². The van der Waals surface area contributed by atoms with Crippen LogP contribution in [0, 0.1) is 12.7 Å². The minimum Gasteiger partial charge on any atom is -0.341 e. The number of benzene rings is 1. The molecule has 0 aliphatic rings. The molecule has 0 saturated carbocycles. The normalized spacial score (nSPS) is 11.2. The number of aromatic nitrogens is 2. The molecule has 0 unspecified atom stereocenters. The molecule has 3 aromatic rings. The van der Waals surface area contributed by atoms with Crippen molar-refractivity contribution in [3.8, 4) is 0 Å².